The summed E-state index contributed by atoms with van der Waals surface area (Å²) in [6, 6.07) is 7.08. The van der Waals surface area contributed by atoms with Crippen LogP contribution in [0, 0.1) is 0 Å². The van der Waals surface area contributed by atoms with E-state index in [0.717, 1.165) is 4.88 Å². The fraction of sp³-hybridized carbons (Fsp3) is 0.200. The highest BCUT2D eigenvalue weighted by molar-refractivity contribution is 7.17. The van der Waals surface area contributed by atoms with Gasteiger partial charge in [-0.15, -0.1) is 34.0 Å². The van der Waals surface area contributed by atoms with E-state index in [0.29, 0.717) is 15.4 Å². The summed E-state index contributed by atoms with van der Waals surface area (Å²) in [5, 5.41) is 10.7. The predicted octanol–water partition coefficient (Wildman–Crippen LogP) is 3.63. The van der Waals surface area contributed by atoms with Crippen molar-refractivity contribution in [1.29, 1.82) is 0 Å². The van der Waals surface area contributed by atoms with Crippen LogP contribution in [0.2, 0.25) is 0 Å². The van der Waals surface area contributed by atoms with Crippen LogP contribution < -0.4 is 10.6 Å². The molecule has 3 rings (SSSR count). The first-order valence-electron chi connectivity index (χ1n) is 9.09. The summed E-state index contributed by atoms with van der Waals surface area (Å²) in [6.07, 6.45) is 0. The van der Waals surface area contributed by atoms with Crippen LogP contribution in [0.4, 0.5) is 5.00 Å². The van der Waals surface area contributed by atoms with Crippen LogP contribution in [0.25, 0.3) is 10.4 Å². The molecule has 0 radical (unpaired) electrons. The van der Waals surface area contributed by atoms with Crippen LogP contribution in [-0.4, -0.2) is 43.5 Å². The smallest absolute Gasteiger partial charge is 0.341 e. The Kier molecular flexibility index (Phi) is 7.93. The van der Waals surface area contributed by atoms with Gasteiger partial charge >= 0.3 is 11.9 Å². The van der Waals surface area contributed by atoms with E-state index in [4.69, 9.17) is 9.47 Å². The molecule has 2 N–H and O–H groups in total. The Morgan fingerprint density at radius 3 is 2.45 bits per heavy atom. The van der Waals surface area contributed by atoms with Crippen LogP contribution in [0.1, 0.15) is 27.0 Å². The highest BCUT2D eigenvalue weighted by Gasteiger charge is 2.23. The van der Waals surface area contributed by atoms with E-state index in [2.05, 4.69) is 10.6 Å². The maximum atomic E-state index is 12.4. The first kappa shape index (κ1) is 22.7. The zero-order chi connectivity index (χ0) is 22.2. The zero-order valence-corrected chi connectivity index (χ0v) is 18.8. The standard InChI is InChI=1S/C20H18N2O6S3/c1-2-27-20(26)17-12(13-5-3-7-29-13)11-31-19(17)22-15(23)10-28-16(24)9-21-18(25)14-6-4-8-30-14/h3-8,11H,2,9-10H2,1H3,(H,21,25)(H,22,23). The molecule has 0 aliphatic carbocycles. The minimum absolute atomic E-state index is 0.195. The van der Waals surface area contributed by atoms with Crippen molar-refractivity contribution in [1.82, 2.24) is 5.32 Å². The van der Waals surface area contributed by atoms with E-state index >= 15 is 0 Å². The van der Waals surface area contributed by atoms with E-state index < -0.39 is 30.4 Å². The molecule has 0 saturated heterocycles. The number of amides is 2. The molecule has 0 saturated carbocycles. The van der Waals surface area contributed by atoms with E-state index in [1.54, 1.807) is 29.8 Å². The molecule has 2 amide bonds. The quantitative estimate of drug-likeness (QED) is 0.455. The lowest BCUT2D eigenvalue weighted by atomic mass is 10.1. The van der Waals surface area contributed by atoms with Gasteiger partial charge in [0.1, 0.15) is 17.1 Å². The molecule has 3 aromatic rings. The Bertz CT molecular complexity index is 1060. The number of carbonyl (C=O) groups excluding carboxylic acids is 4. The van der Waals surface area contributed by atoms with Gasteiger partial charge in [-0.1, -0.05) is 12.1 Å². The molecule has 0 spiro atoms. The number of nitrogens with one attached hydrogen (secondary N) is 2. The topological polar surface area (TPSA) is 111 Å². The lowest BCUT2D eigenvalue weighted by Gasteiger charge is -2.09. The normalized spacial score (nSPS) is 10.4. The Morgan fingerprint density at radius 2 is 1.77 bits per heavy atom. The second-order valence-corrected chi connectivity index (χ2v) is 8.70. The van der Waals surface area contributed by atoms with Crippen LogP contribution in [-0.2, 0) is 19.1 Å². The Labute approximate surface area is 189 Å². The third kappa shape index (κ3) is 6.00. The van der Waals surface area contributed by atoms with Crippen molar-refractivity contribution in [3.05, 3.63) is 50.8 Å². The number of anilines is 1. The van der Waals surface area contributed by atoms with Gasteiger partial charge in [-0.25, -0.2) is 4.79 Å². The monoisotopic (exact) mass is 478 g/mol. The largest absolute Gasteiger partial charge is 0.462 e. The molecule has 0 fully saturated rings. The highest BCUT2D eigenvalue weighted by atomic mass is 32.1. The molecule has 0 aliphatic rings. The van der Waals surface area contributed by atoms with E-state index in [1.165, 1.54) is 34.0 Å². The Hall–Kier alpha value is -3.02. The minimum atomic E-state index is -0.754. The van der Waals surface area contributed by atoms with Crippen molar-refractivity contribution in [2.45, 2.75) is 6.92 Å². The summed E-state index contributed by atoms with van der Waals surface area (Å²) in [6.45, 7) is 0.979. The number of hydrogen-bond acceptors (Lipinski definition) is 9. The van der Waals surface area contributed by atoms with Gasteiger partial charge in [0.15, 0.2) is 6.61 Å². The minimum Gasteiger partial charge on any atom is -0.462 e. The SMILES string of the molecule is CCOC(=O)c1c(-c2cccs2)csc1NC(=O)COC(=O)CNC(=O)c1cccs1. The van der Waals surface area contributed by atoms with Gasteiger partial charge in [0.05, 0.1) is 11.5 Å². The molecule has 162 valence electrons. The predicted molar refractivity (Wildman–Crippen MR) is 120 cm³/mol. The molecule has 8 nitrogen and oxygen atoms in total. The second kappa shape index (κ2) is 10.8. The van der Waals surface area contributed by atoms with Gasteiger partial charge in [-0.05, 0) is 29.8 Å². The summed E-state index contributed by atoms with van der Waals surface area (Å²) in [7, 11) is 0. The van der Waals surface area contributed by atoms with Crippen molar-refractivity contribution in [2.75, 3.05) is 25.1 Å². The molecule has 11 heteroatoms. The molecule has 0 bridgehead atoms. The number of thiophene rings is 3. The zero-order valence-electron chi connectivity index (χ0n) is 16.3. The van der Waals surface area contributed by atoms with E-state index in [9.17, 15) is 19.2 Å². The molecule has 31 heavy (non-hydrogen) atoms. The summed E-state index contributed by atoms with van der Waals surface area (Å²) >= 11 is 3.89. The number of ether oxygens (including phenoxy) is 2. The molecule has 0 unspecified atom stereocenters. The van der Waals surface area contributed by atoms with Gasteiger partial charge in [0.2, 0.25) is 0 Å². The highest BCUT2D eigenvalue weighted by Crippen LogP contribution is 2.38. The molecule has 0 atom stereocenters. The molecular weight excluding hydrogens is 460 g/mol. The van der Waals surface area contributed by atoms with Crippen molar-refractivity contribution in [3.8, 4) is 10.4 Å². The maximum absolute atomic E-state index is 12.4. The molecule has 0 aromatic carbocycles. The molecular formula is C20H18N2O6S3. The number of esters is 2. The first-order chi connectivity index (χ1) is 15.0. The van der Waals surface area contributed by atoms with Crippen LogP contribution in [0.15, 0.2) is 40.4 Å². The first-order valence-corrected chi connectivity index (χ1v) is 11.7. The third-order valence-corrected chi connectivity index (χ3v) is 6.48. The lowest BCUT2D eigenvalue weighted by molar-refractivity contribution is -0.146. The van der Waals surface area contributed by atoms with Gasteiger partial charge < -0.3 is 20.1 Å². The average molecular weight is 479 g/mol. The Morgan fingerprint density at radius 1 is 1.00 bits per heavy atom. The number of rotatable bonds is 9. The third-order valence-electron chi connectivity index (χ3n) is 3.81. The summed E-state index contributed by atoms with van der Waals surface area (Å²) < 4.78 is 10.0. The van der Waals surface area contributed by atoms with Crippen LogP contribution >= 0.6 is 34.0 Å². The van der Waals surface area contributed by atoms with Gasteiger partial charge in [0, 0.05) is 15.8 Å². The van der Waals surface area contributed by atoms with Gasteiger partial charge in [-0.2, -0.15) is 0 Å². The lowest BCUT2D eigenvalue weighted by Crippen LogP contribution is -2.31. The molecule has 3 heterocycles. The van der Waals surface area contributed by atoms with E-state index in [1.807, 2.05) is 17.5 Å². The Balaban J connectivity index is 1.57. The van der Waals surface area contributed by atoms with Crippen molar-refractivity contribution in [2.24, 2.45) is 0 Å². The van der Waals surface area contributed by atoms with Crippen molar-refractivity contribution >= 4 is 62.8 Å². The fourth-order valence-corrected chi connectivity index (χ4v) is 4.90. The van der Waals surface area contributed by atoms with Crippen molar-refractivity contribution < 1.29 is 28.7 Å². The fourth-order valence-electron chi connectivity index (χ4n) is 2.48. The summed E-state index contributed by atoms with van der Waals surface area (Å²) in [5.41, 5.74) is 0.930. The van der Waals surface area contributed by atoms with Gasteiger partial charge in [-0.3, -0.25) is 14.4 Å². The maximum Gasteiger partial charge on any atom is 0.341 e. The van der Waals surface area contributed by atoms with Crippen molar-refractivity contribution in [3.63, 3.8) is 0 Å². The summed E-state index contributed by atoms with van der Waals surface area (Å²) in [4.78, 5) is 49.7. The second-order valence-electron chi connectivity index (χ2n) is 5.92. The average Bonchev–Trinajstić information content (AvgIpc) is 3.52. The summed E-state index contributed by atoms with van der Waals surface area (Å²) in [5.74, 6) is -2.30. The van der Waals surface area contributed by atoms with Gasteiger partial charge in [0.25, 0.3) is 11.8 Å². The number of carbonyl (C=O) groups is 4. The molecule has 0 aliphatic heterocycles. The van der Waals surface area contributed by atoms with Crippen LogP contribution in [0.3, 0.4) is 0 Å². The number of hydrogen-bond donors (Lipinski definition) is 2. The molecule has 3 aromatic heterocycles. The van der Waals surface area contributed by atoms with Crippen LogP contribution in [0.5, 0.6) is 0 Å². The van der Waals surface area contributed by atoms with E-state index in [-0.39, 0.29) is 18.7 Å².